The molecular weight excluding hydrogens is 360 g/mol. The molecule has 3 aliphatic heterocycles. The highest BCUT2D eigenvalue weighted by Gasteiger charge is 2.45. The Kier molecular flexibility index (Phi) is 5.17. The third-order valence-electron chi connectivity index (χ3n) is 4.59. The van der Waals surface area contributed by atoms with Gasteiger partial charge in [0, 0.05) is 26.1 Å². The van der Waals surface area contributed by atoms with E-state index in [0.717, 1.165) is 0 Å². The number of nitrogens with zero attached hydrogens (tertiary/aromatic N) is 2. The third kappa shape index (κ3) is 3.90. The molecule has 1 amide bonds. The summed E-state index contributed by atoms with van der Waals surface area (Å²) in [5.41, 5.74) is 0. The minimum Gasteiger partial charge on any atom is -0.379 e. The largest absolute Gasteiger partial charge is 0.379 e. The molecule has 3 saturated heterocycles. The van der Waals surface area contributed by atoms with Crippen LogP contribution in [0, 0.1) is 0 Å². The van der Waals surface area contributed by atoms with Gasteiger partial charge in [0.25, 0.3) is 0 Å². The van der Waals surface area contributed by atoms with Gasteiger partial charge in [-0.15, -0.1) is 0 Å². The predicted molar refractivity (Wildman–Crippen MR) is 84.7 cm³/mol. The molecule has 0 aliphatic carbocycles. The van der Waals surface area contributed by atoms with E-state index < -0.39 is 32.0 Å². The zero-order valence-electron chi connectivity index (χ0n) is 13.3. The first-order valence-corrected chi connectivity index (χ1v) is 11.4. The van der Waals surface area contributed by atoms with Crippen LogP contribution < -0.4 is 0 Å². The van der Waals surface area contributed by atoms with E-state index in [9.17, 15) is 21.6 Å². The van der Waals surface area contributed by atoms with Gasteiger partial charge in [0.05, 0.1) is 49.2 Å². The van der Waals surface area contributed by atoms with Gasteiger partial charge < -0.3 is 14.4 Å². The van der Waals surface area contributed by atoms with Gasteiger partial charge in [0.1, 0.15) is 0 Å². The molecule has 3 fully saturated rings. The SMILES string of the molecule is O=C(CCS(=O)(=O)N1CCOCC1)N1CCOC2CS(=O)(=O)CC21. The van der Waals surface area contributed by atoms with Crippen molar-refractivity contribution in [3.8, 4) is 0 Å². The fraction of sp³-hybridized carbons (Fsp3) is 0.923. The lowest BCUT2D eigenvalue weighted by Crippen LogP contribution is -2.53. The summed E-state index contributed by atoms with van der Waals surface area (Å²) in [5.74, 6) is -0.789. The summed E-state index contributed by atoms with van der Waals surface area (Å²) in [6.07, 6.45) is -0.647. The second-order valence-corrected chi connectivity index (χ2v) is 10.5. The highest BCUT2D eigenvalue weighted by atomic mass is 32.2. The molecule has 0 aromatic heterocycles. The van der Waals surface area contributed by atoms with E-state index in [4.69, 9.17) is 9.47 Å². The van der Waals surface area contributed by atoms with Crippen LogP contribution in [0.25, 0.3) is 0 Å². The van der Waals surface area contributed by atoms with Crippen LogP contribution in [-0.2, 0) is 34.1 Å². The molecule has 0 radical (unpaired) electrons. The number of sulfone groups is 1. The fourth-order valence-corrected chi connectivity index (χ4v) is 6.60. The molecule has 3 heterocycles. The Morgan fingerprint density at radius 2 is 1.79 bits per heavy atom. The van der Waals surface area contributed by atoms with Gasteiger partial charge in [-0.05, 0) is 0 Å². The highest BCUT2D eigenvalue weighted by Crippen LogP contribution is 2.25. The fourth-order valence-electron chi connectivity index (χ4n) is 3.34. The number of carbonyl (C=O) groups excluding carboxylic acids is 1. The van der Waals surface area contributed by atoms with Crippen LogP contribution in [-0.4, -0.2) is 101 Å². The maximum atomic E-state index is 12.4. The van der Waals surface area contributed by atoms with Crippen molar-refractivity contribution in [1.29, 1.82) is 0 Å². The van der Waals surface area contributed by atoms with Crippen LogP contribution in [0.1, 0.15) is 6.42 Å². The summed E-state index contributed by atoms with van der Waals surface area (Å²) in [6.45, 7) is 1.90. The topological polar surface area (TPSA) is 110 Å². The zero-order chi connectivity index (χ0) is 17.4. The first kappa shape index (κ1) is 18.1. The van der Waals surface area contributed by atoms with Crippen LogP contribution in [0.5, 0.6) is 0 Å². The maximum Gasteiger partial charge on any atom is 0.224 e. The lowest BCUT2D eigenvalue weighted by atomic mass is 10.1. The Balaban J connectivity index is 1.60. The Labute approximate surface area is 141 Å². The van der Waals surface area contributed by atoms with Crippen molar-refractivity contribution in [3.05, 3.63) is 0 Å². The molecule has 11 heteroatoms. The molecule has 24 heavy (non-hydrogen) atoms. The van der Waals surface area contributed by atoms with Gasteiger partial charge in [0.15, 0.2) is 9.84 Å². The van der Waals surface area contributed by atoms with E-state index in [0.29, 0.717) is 32.8 Å². The summed E-state index contributed by atoms with van der Waals surface area (Å²) in [6, 6.07) is -0.498. The normalized spacial score (nSPS) is 30.9. The summed E-state index contributed by atoms with van der Waals surface area (Å²) in [5, 5.41) is 0. The second kappa shape index (κ2) is 6.87. The van der Waals surface area contributed by atoms with Crippen LogP contribution in [0.4, 0.5) is 0 Å². The molecule has 2 atom stereocenters. The molecule has 3 rings (SSSR count). The standard InChI is InChI=1S/C13H22N2O7S2/c16-13(1-8-24(19,20)14-2-5-21-6-3-14)15-4-7-22-12-10-23(17,18)9-11(12)15/h11-12H,1-10H2. The van der Waals surface area contributed by atoms with Crippen molar-refractivity contribution in [2.24, 2.45) is 0 Å². The first-order chi connectivity index (χ1) is 11.3. The van der Waals surface area contributed by atoms with Crippen molar-refractivity contribution in [1.82, 2.24) is 9.21 Å². The number of ether oxygens (including phenoxy) is 2. The summed E-state index contributed by atoms with van der Waals surface area (Å²) in [4.78, 5) is 13.9. The van der Waals surface area contributed by atoms with Crippen LogP contribution >= 0.6 is 0 Å². The number of morpholine rings is 2. The molecule has 0 bridgehead atoms. The van der Waals surface area contributed by atoms with E-state index >= 15 is 0 Å². The second-order valence-electron chi connectivity index (χ2n) is 6.22. The maximum absolute atomic E-state index is 12.4. The third-order valence-corrected chi connectivity index (χ3v) is 8.15. The highest BCUT2D eigenvalue weighted by molar-refractivity contribution is 7.91. The van der Waals surface area contributed by atoms with E-state index in [1.165, 1.54) is 9.21 Å². The molecule has 0 aromatic rings. The number of hydrogen-bond donors (Lipinski definition) is 0. The number of hydrogen-bond acceptors (Lipinski definition) is 7. The van der Waals surface area contributed by atoms with Gasteiger partial charge in [-0.25, -0.2) is 16.8 Å². The number of fused-ring (bicyclic) bond motifs is 1. The van der Waals surface area contributed by atoms with Crippen molar-refractivity contribution >= 4 is 25.8 Å². The minimum atomic E-state index is -3.51. The lowest BCUT2D eigenvalue weighted by Gasteiger charge is -2.36. The smallest absolute Gasteiger partial charge is 0.224 e. The Bertz CT molecular complexity index is 685. The Hall–Kier alpha value is -0.750. The first-order valence-electron chi connectivity index (χ1n) is 7.95. The molecule has 0 aromatic carbocycles. The molecule has 0 spiro atoms. The van der Waals surface area contributed by atoms with Gasteiger partial charge in [-0.3, -0.25) is 4.79 Å². The molecule has 9 nitrogen and oxygen atoms in total. The molecular formula is C13H22N2O7S2. The number of sulfonamides is 1. The lowest BCUT2D eigenvalue weighted by molar-refractivity contribution is -0.142. The minimum absolute atomic E-state index is 0.0759. The summed E-state index contributed by atoms with van der Waals surface area (Å²) in [7, 11) is -6.72. The summed E-state index contributed by atoms with van der Waals surface area (Å²) >= 11 is 0. The van der Waals surface area contributed by atoms with Crippen molar-refractivity contribution < 1.29 is 31.1 Å². The van der Waals surface area contributed by atoms with Crippen LogP contribution in [0.15, 0.2) is 0 Å². The van der Waals surface area contributed by atoms with E-state index in [2.05, 4.69) is 0 Å². The molecule has 2 unspecified atom stereocenters. The van der Waals surface area contributed by atoms with Gasteiger partial charge in [-0.2, -0.15) is 4.31 Å². The number of carbonyl (C=O) groups is 1. The zero-order valence-corrected chi connectivity index (χ0v) is 14.9. The number of amides is 1. The Morgan fingerprint density at radius 3 is 2.50 bits per heavy atom. The predicted octanol–water partition coefficient (Wildman–Crippen LogP) is -1.94. The molecule has 0 N–H and O–H groups in total. The van der Waals surface area contributed by atoms with Crippen molar-refractivity contribution in [3.63, 3.8) is 0 Å². The van der Waals surface area contributed by atoms with Gasteiger partial charge in [0.2, 0.25) is 15.9 Å². The van der Waals surface area contributed by atoms with Crippen LogP contribution in [0.2, 0.25) is 0 Å². The van der Waals surface area contributed by atoms with Gasteiger partial charge >= 0.3 is 0 Å². The average molecular weight is 382 g/mol. The van der Waals surface area contributed by atoms with Crippen molar-refractivity contribution in [2.75, 3.05) is 56.7 Å². The molecule has 3 aliphatic rings. The average Bonchev–Trinajstić information content (AvgIpc) is 2.87. The van der Waals surface area contributed by atoms with Crippen LogP contribution in [0.3, 0.4) is 0 Å². The quantitative estimate of drug-likeness (QED) is 0.556. The van der Waals surface area contributed by atoms with E-state index in [1.54, 1.807) is 0 Å². The summed E-state index contributed by atoms with van der Waals surface area (Å²) < 4.78 is 60.0. The number of rotatable bonds is 4. The monoisotopic (exact) mass is 382 g/mol. The van der Waals surface area contributed by atoms with Crippen molar-refractivity contribution in [2.45, 2.75) is 18.6 Å². The van der Waals surface area contributed by atoms with Gasteiger partial charge in [-0.1, -0.05) is 0 Å². The molecule has 0 saturated carbocycles. The van der Waals surface area contributed by atoms with E-state index in [1.807, 2.05) is 0 Å². The van der Waals surface area contributed by atoms with E-state index in [-0.39, 0.29) is 36.2 Å². The Morgan fingerprint density at radius 1 is 1.08 bits per heavy atom. The molecule has 138 valence electrons.